The van der Waals surface area contributed by atoms with Crippen molar-refractivity contribution in [1.29, 1.82) is 0 Å². The van der Waals surface area contributed by atoms with Gasteiger partial charge in [-0.1, -0.05) is 80.1 Å². The number of imidazole rings is 1. The molecule has 0 N–H and O–H groups in total. The Bertz CT molecular complexity index is 1220. The van der Waals surface area contributed by atoms with E-state index in [0.717, 1.165) is 61.9 Å². The molecule has 3 aromatic carbocycles. The van der Waals surface area contributed by atoms with Crippen molar-refractivity contribution in [3.63, 3.8) is 0 Å². The predicted octanol–water partition coefficient (Wildman–Crippen LogP) is 6.32. The largest absolute Gasteiger partial charge is 0.486 e. The Morgan fingerprint density at radius 2 is 1.51 bits per heavy atom. The zero-order valence-corrected chi connectivity index (χ0v) is 20.4. The van der Waals surface area contributed by atoms with Crippen LogP contribution < -0.4 is 9.47 Å². The van der Waals surface area contributed by atoms with Crippen LogP contribution in [0, 0.1) is 0 Å². The lowest BCUT2D eigenvalue weighted by molar-refractivity contribution is 0.170. The van der Waals surface area contributed by atoms with Gasteiger partial charge in [-0.3, -0.25) is 4.90 Å². The number of unbranched alkanes of at least 4 members (excludes halogenated alkanes) is 1. The van der Waals surface area contributed by atoms with Crippen molar-refractivity contribution in [2.24, 2.45) is 0 Å². The number of hydrogen-bond acceptors (Lipinski definition) is 4. The Balaban J connectivity index is 1.43. The van der Waals surface area contributed by atoms with Crippen LogP contribution in [0.25, 0.3) is 11.4 Å². The molecule has 1 aromatic heterocycles. The summed E-state index contributed by atoms with van der Waals surface area (Å²) in [7, 11) is 0. The molecule has 35 heavy (non-hydrogen) atoms. The molecule has 1 aliphatic heterocycles. The molecule has 0 amide bonds. The molecule has 5 nitrogen and oxygen atoms in total. The predicted molar refractivity (Wildman–Crippen MR) is 139 cm³/mol. The molecule has 0 fully saturated rings. The summed E-state index contributed by atoms with van der Waals surface area (Å²) < 4.78 is 14.0. The molecule has 0 aliphatic carbocycles. The van der Waals surface area contributed by atoms with E-state index in [9.17, 15) is 0 Å². The van der Waals surface area contributed by atoms with E-state index >= 15 is 0 Å². The van der Waals surface area contributed by atoms with Gasteiger partial charge in [0.1, 0.15) is 19.0 Å². The molecule has 2 heterocycles. The fourth-order valence-electron chi connectivity index (χ4n) is 4.60. The van der Waals surface area contributed by atoms with E-state index in [1.54, 1.807) is 0 Å². The molecule has 0 radical (unpaired) electrons. The first-order valence-electron chi connectivity index (χ1n) is 12.5. The molecular formula is C30H33N3O2. The zero-order chi connectivity index (χ0) is 23.9. The molecule has 4 aromatic rings. The quantitative estimate of drug-likeness (QED) is 0.273. The Morgan fingerprint density at radius 3 is 2.29 bits per heavy atom. The van der Waals surface area contributed by atoms with Crippen LogP contribution in [0.15, 0.2) is 85.1 Å². The van der Waals surface area contributed by atoms with Gasteiger partial charge in [-0.05, 0) is 29.7 Å². The lowest BCUT2D eigenvalue weighted by Gasteiger charge is -2.25. The average Bonchev–Trinajstić information content (AvgIpc) is 3.30. The average molecular weight is 468 g/mol. The number of fused-ring (bicyclic) bond motifs is 1. The van der Waals surface area contributed by atoms with Gasteiger partial charge >= 0.3 is 0 Å². The Morgan fingerprint density at radius 1 is 0.800 bits per heavy atom. The molecule has 5 rings (SSSR count). The monoisotopic (exact) mass is 467 g/mol. The second-order valence-electron chi connectivity index (χ2n) is 9.05. The Hall–Kier alpha value is -3.57. The Labute approximate surface area is 208 Å². The van der Waals surface area contributed by atoms with Crippen molar-refractivity contribution in [2.45, 2.75) is 45.9 Å². The minimum atomic E-state index is 0.600. The molecule has 0 atom stereocenters. The van der Waals surface area contributed by atoms with Crippen LogP contribution >= 0.6 is 0 Å². The second kappa shape index (κ2) is 11.2. The molecule has 0 unspecified atom stereocenters. The summed E-state index contributed by atoms with van der Waals surface area (Å²) in [5.74, 6) is 2.72. The highest BCUT2D eigenvalue weighted by Gasteiger charge is 2.17. The maximum Gasteiger partial charge on any atom is 0.161 e. The van der Waals surface area contributed by atoms with Crippen molar-refractivity contribution < 1.29 is 9.47 Å². The van der Waals surface area contributed by atoms with E-state index < -0.39 is 0 Å². The van der Waals surface area contributed by atoms with Crippen molar-refractivity contribution in [3.8, 4) is 22.9 Å². The normalized spacial score (nSPS) is 12.7. The molecule has 180 valence electrons. The van der Waals surface area contributed by atoms with Crippen molar-refractivity contribution in [2.75, 3.05) is 13.2 Å². The lowest BCUT2D eigenvalue weighted by atomic mass is 10.1. The van der Waals surface area contributed by atoms with E-state index in [4.69, 9.17) is 14.5 Å². The standard InChI is InChI=1S/C30H33N3O2/c1-2-3-16-33-27(20-31-30(33)26-12-8-5-9-13-26)23-32(21-24-10-6-4-7-11-24)22-25-14-15-28-29(19-25)35-18-17-34-28/h4-15,19-20H,2-3,16-18,21-23H2,1H3. The lowest BCUT2D eigenvalue weighted by Crippen LogP contribution is -2.24. The fraction of sp³-hybridized carbons (Fsp3) is 0.300. The third-order valence-electron chi connectivity index (χ3n) is 6.35. The van der Waals surface area contributed by atoms with Gasteiger partial charge in [0.25, 0.3) is 0 Å². The number of hydrogen-bond donors (Lipinski definition) is 0. The van der Waals surface area contributed by atoms with Crippen LogP contribution in [0.2, 0.25) is 0 Å². The number of ether oxygens (including phenoxy) is 2. The maximum atomic E-state index is 5.84. The first-order valence-corrected chi connectivity index (χ1v) is 12.5. The fourth-order valence-corrected chi connectivity index (χ4v) is 4.60. The first kappa shape index (κ1) is 23.2. The van der Waals surface area contributed by atoms with Gasteiger partial charge in [0.15, 0.2) is 11.5 Å². The number of benzene rings is 3. The van der Waals surface area contributed by atoms with Crippen LogP contribution in [0.3, 0.4) is 0 Å². The molecule has 0 spiro atoms. The molecule has 0 bridgehead atoms. The van der Waals surface area contributed by atoms with Crippen LogP contribution in [-0.2, 0) is 26.2 Å². The summed E-state index contributed by atoms with van der Waals surface area (Å²) in [5.41, 5.74) is 4.92. The summed E-state index contributed by atoms with van der Waals surface area (Å²) in [6.07, 6.45) is 4.33. The highest BCUT2D eigenvalue weighted by Crippen LogP contribution is 2.31. The maximum absolute atomic E-state index is 5.84. The van der Waals surface area contributed by atoms with E-state index in [-0.39, 0.29) is 0 Å². The van der Waals surface area contributed by atoms with E-state index in [2.05, 4.69) is 95.4 Å². The van der Waals surface area contributed by atoms with Gasteiger partial charge in [-0.15, -0.1) is 0 Å². The second-order valence-corrected chi connectivity index (χ2v) is 9.05. The van der Waals surface area contributed by atoms with E-state index in [1.165, 1.54) is 16.8 Å². The highest BCUT2D eigenvalue weighted by molar-refractivity contribution is 5.56. The smallest absolute Gasteiger partial charge is 0.161 e. The van der Waals surface area contributed by atoms with Crippen LogP contribution in [0.4, 0.5) is 0 Å². The first-order chi connectivity index (χ1) is 17.3. The summed E-state index contributed by atoms with van der Waals surface area (Å²) >= 11 is 0. The Kier molecular flexibility index (Phi) is 7.44. The zero-order valence-electron chi connectivity index (χ0n) is 20.4. The van der Waals surface area contributed by atoms with Gasteiger partial charge in [0.05, 0.1) is 11.9 Å². The third kappa shape index (κ3) is 5.75. The summed E-state index contributed by atoms with van der Waals surface area (Å²) in [5, 5.41) is 0. The molecule has 1 aliphatic rings. The minimum Gasteiger partial charge on any atom is -0.486 e. The molecule has 0 saturated heterocycles. The van der Waals surface area contributed by atoms with Crippen molar-refractivity contribution in [3.05, 3.63) is 102 Å². The van der Waals surface area contributed by atoms with Crippen LogP contribution in [0.1, 0.15) is 36.6 Å². The molecule has 5 heteroatoms. The molecule has 0 saturated carbocycles. The van der Waals surface area contributed by atoms with Crippen LogP contribution in [0.5, 0.6) is 11.5 Å². The van der Waals surface area contributed by atoms with Crippen LogP contribution in [-0.4, -0.2) is 27.7 Å². The highest BCUT2D eigenvalue weighted by atomic mass is 16.6. The van der Waals surface area contributed by atoms with Gasteiger partial charge in [0.2, 0.25) is 0 Å². The van der Waals surface area contributed by atoms with E-state index in [1.807, 2.05) is 6.07 Å². The summed E-state index contributed by atoms with van der Waals surface area (Å²) in [4.78, 5) is 7.34. The number of rotatable bonds is 10. The van der Waals surface area contributed by atoms with Crippen molar-refractivity contribution >= 4 is 0 Å². The van der Waals surface area contributed by atoms with Gasteiger partial charge in [-0.2, -0.15) is 0 Å². The summed E-state index contributed by atoms with van der Waals surface area (Å²) in [6, 6.07) is 27.5. The SMILES string of the molecule is CCCCn1c(CN(Cc2ccccc2)Cc2ccc3c(c2)OCCO3)cnc1-c1ccccc1. The number of nitrogens with zero attached hydrogens (tertiary/aromatic N) is 3. The topological polar surface area (TPSA) is 39.5 Å². The molecular weight excluding hydrogens is 434 g/mol. The minimum absolute atomic E-state index is 0.600. The summed E-state index contributed by atoms with van der Waals surface area (Å²) in [6.45, 7) is 6.90. The van der Waals surface area contributed by atoms with Gasteiger partial charge < -0.3 is 14.0 Å². The number of aromatic nitrogens is 2. The van der Waals surface area contributed by atoms with Crippen molar-refractivity contribution in [1.82, 2.24) is 14.5 Å². The van der Waals surface area contributed by atoms with Gasteiger partial charge in [-0.25, -0.2) is 4.98 Å². The van der Waals surface area contributed by atoms with Gasteiger partial charge in [0, 0.05) is 31.7 Å². The third-order valence-corrected chi connectivity index (χ3v) is 6.35. The van der Waals surface area contributed by atoms with E-state index in [0.29, 0.717) is 13.2 Å².